The Morgan fingerprint density at radius 3 is 2.92 bits per heavy atom. The quantitative estimate of drug-likeness (QED) is 0.576. The first-order valence-corrected chi connectivity index (χ1v) is 10.0. The Labute approximate surface area is 165 Å². The van der Waals surface area contributed by atoms with E-state index in [2.05, 4.69) is 37.3 Å². The molecule has 0 bridgehead atoms. The third kappa shape index (κ3) is 5.90. The van der Waals surface area contributed by atoms with Gasteiger partial charge in [-0.3, -0.25) is 4.90 Å². The first-order chi connectivity index (χ1) is 12.6. The van der Waals surface area contributed by atoms with Crippen molar-refractivity contribution in [1.82, 2.24) is 20.2 Å². The minimum Gasteiger partial charge on any atom is -0.379 e. The fourth-order valence-electron chi connectivity index (χ4n) is 3.32. The lowest BCUT2D eigenvalue weighted by atomic mass is 10.0. The van der Waals surface area contributed by atoms with Gasteiger partial charge in [-0.25, -0.2) is 4.98 Å². The van der Waals surface area contributed by atoms with Crippen molar-refractivity contribution in [1.29, 1.82) is 0 Å². The molecule has 1 atom stereocenters. The number of ether oxygens (including phenoxy) is 1. The molecule has 2 aliphatic heterocycles. The fraction of sp³-hybridized carbons (Fsp3) is 0.706. The zero-order valence-electron chi connectivity index (χ0n) is 15.2. The molecule has 0 amide bonds. The van der Waals surface area contributed by atoms with E-state index in [4.69, 9.17) is 28.6 Å². The molecule has 1 aromatic heterocycles. The van der Waals surface area contributed by atoms with Gasteiger partial charge in [-0.1, -0.05) is 18.5 Å². The largest absolute Gasteiger partial charge is 0.379 e. The van der Waals surface area contributed by atoms with Gasteiger partial charge in [-0.05, 0) is 31.0 Å². The molecular formula is C17H27ClN6OS. The van der Waals surface area contributed by atoms with Crippen LogP contribution in [0, 0.1) is 5.92 Å². The number of anilines is 2. The van der Waals surface area contributed by atoms with Crippen LogP contribution in [0.1, 0.15) is 19.8 Å². The summed E-state index contributed by atoms with van der Waals surface area (Å²) >= 11 is 11.6. The van der Waals surface area contributed by atoms with Crippen molar-refractivity contribution >= 4 is 40.7 Å². The number of halogens is 1. The third-order valence-corrected chi connectivity index (χ3v) is 5.15. The Morgan fingerprint density at radius 1 is 1.35 bits per heavy atom. The van der Waals surface area contributed by atoms with Crippen LogP contribution >= 0.6 is 23.8 Å². The van der Waals surface area contributed by atoms with Gasteiger partial charge < -0.3 is 20.3 Å². The molecule has 2 N–H and O–H groups in total. The summed E-state index contributed by atoms with van der Waals surface area (Å²) in [5.74, 6) is 1.96. The van der Waals surface area contributed by atoms with E-state index in [-0.39, 0.29) is 0 Å². The van der Waals surface area contributed by atoms with E-state index >= 15 is 0 Å². The predicted molar refractivity (Wildman–Crippen MR) is 109 cm³/mol. The second-order valence-electron chi connectivity index (χ2n) is 6.90. The van der Waals surface area contributed by atoms with Gasteiger partial charge in [0, 0.05) is 45.3 Å². The van der Waals surface area contributed by atoms with Gasteiger partial charge in [0.25, 0.3) is 0 Å². The van der Waals surface area contributed by atoms with Crippen molar-refractivity contribution in [3.05, 3.63) is 11.2 Å². The van der Waals surface area contributed by atoms with Crippen molar-refractivity contribution in [2.75, 3.05) is 62.7 Å². The molecule has 3 heterocycles. The number of rotatable bonds is 5. The maximum absolute atomic E-state index is 6.19. The van der Waals surface area contributed by atoms with Crippen LogP contribution in [0.15, 0.2) is 6.07 Å². The van der Waals surface area contributed by atoms with Crippen molar-refractivity contribution in [3.8, 4) is 0 Å². The van der Waals surface area contributed by atoms with E-state index in [1.165, 1.54) is 12.8 Å². The maximum Gasteiger partial charge on any atom is 0.232 e. The van der Waals surface area contributed by atoms with Gasteiger partial charge >= 0.3 is 0 Å². The molecule has 26 heavy (non-hydrogen) atoms. The maximum atomic E-state index is 6.19. The Bertz CT molecular complexity index is 613. The minimum atomic E-state index is 0.423. The first-order valence-electron chi connectivity index (χ1n) is 9.24. The molecule has 0 aromatic carbocycles. The lowest BCUT2D eigenvalue weighted by molar-refractivity contribution is 0.0389. The van der Waals surface area contributed by atoms with Crippen LogP contribution in [-0.2, 0) is 4.74 Å². The van der Waals surface area contributed by atoms with Crippen LogP contribution in [-0.4, -0.2) is 72.5 Å². The lowest BCUT2D eigenvalue weighted by Gasteiger charge is -2.32. The van der Waals surface area contributed by atoms with Crippen molar-refractivity contribution < 1.29 is 4.74 Å². The number of hydrogen-bond acceptors (Lipinski definition) is 6. The molecule has 0 aliphatic carbocycles. The summed E-state index contributed by atoms with van der Waals surface area (Å²) in [5.41, 5.74) is 0. The van der Waals surface area contributed by atoms with Crippen molar-refractivity contribution in [2.24, 2.45) is 5.92 Å². The third-order valence-electron chi connectivity index (χ3n) is 4.71. The van der Waals surface area contributed by atoms with Crippen LogP contribution in [0.5, 0.6) is 0 Å². The summed E-state index contributed by atoms with van der Waals surface area (Å²) < 4.78 is 5.35. The number of nitrogens with one attached hydrogen (secondary N) is 2. The number of piperidine rings is 1. The first kappa shape index (κ1) is 19.5. The topological polar surface area (TPSA) is 65.6 Å². The Hall–Kier alpha value is -1.22. The summed E-state index contributed by atoms with van der Waals surface area (Å²) in [7, 11) is 0. The zero-order valence-corrected chi connectivity index (χ0v) is 16.8. The average molecular weight is 399 g/mol. The molecule has 0 radical (unpaired) electrons. The number of morpholine rings is 1. The van der Waals surface area contributed by atoms with E-state index in [9.17, 15) is 0 Å². The van der Waals surface area contributed by atoms with Crippen LogP contribution < -0.4 is 15.5 Å². The Morgan fingerprint density at radius 2 is 2.15 bits per heavy atom. The zero-order chi connectivity index (χ0) is 18.4. The van der Waals surface area contributed by atoms with Gasteiger partial charge in [0.05, 0.1) is 13.2 Å². The van der Waals surface area contributed by atoms with Gasteiger partial charge in [0.2, 0.25) is 5.95 Å². The van der Waals surface area contributed by atoms with Gasteiger partial charge in [-0.2, -0.15) is 4.98 Å². The molecule has 2 fully saturated rings. The lowest BCUT2D eigenvalue weighted by Crippen LogP contribution is -2.42. The van der Waals surface area contributed by atoms with Crippen molar-refractivity contribution in [3.63, 3.8) is 0 Å². The molecule has 0 spiro atoms. The Balaban J connectivity index is 1.51. The van der Waals surface area contributed by atoms with Crippen LogP contribution in [0.3, 0.4) is 0 Å². The SMILES string of the molecule is CC1CCCN(c2cc(Cl)nc(NC(=S)NCCN3CCOCC3)n2)C1. The molecular weight excluding hydrogens is 372 g/mol. The summed E-state index contributed by atoms with van der Waals surface area (Å²) in [4.78, 5) is 13.5. The molecule has 7 nitrogen and oxygen atoms in total. The summed E-state index contributed by atoms with van der Waals surface area (Å²) in [5, 5.41) is 7.20. The summed E-state index contributed by atoms with van der Waals surface area (Å²) in [6, 6.07) is 1.82. The highest BCUT2D eigenvalue weighted by molar-refractivity contribution is 7.80. The highest BCUT2D eigenvalue weighted by atomic mass is 35.5. The highest BCUT2D eigenvalue weighted by Gasteiger charge is 2.19. The second kappa shape index (κ2) is 9.64. The van der Waals surface area contributed by atoms with E-state index in [0.29, 0.717) is 22.1 Å². The minimum absolute atomic E-state index is 0.423. The average Bonchev–Trinajstić information content (AvgIpc) is 2.62. The number of hydrogen-bond donors (Lipinski definition) is 2. The van der Waals surface area contributed by atoms with E-state index < -0.39 is 0 Å². The second-order valence-corrected chi connectivity index (χ2v) is 7.70. The molecule has 3 rings (SSSR count). The van der Waals surface area contributed by atoms with Gasteiger partial charge in [0.1, 0.15) is 11.0 Å². The molecule has 1 unspecified atom stereocenters. The number of thiocarbonyl (C=S) groups is 1. The van der Waals surface area contributed by atoms with Crippen LogP contribution in [0.25, 0.3) is 0 Å². The molecule has 2 saturated heterocycles. The van der Waals surface area contributed by atoms with Gasteiger partial charge in [0.15, 0.2) is 5.11 Å². The molecule has 9 heteroatoms. The van der Waals surface area contributed by atoms with Crippen LogP contribution in [0.2, 0.25) is 5.15 Å². The normalized spacial score (nSPS) is 21.5. The van der Waals surface area contributed by atoms with Crippen LogP contribution in [0.4, 0.5) is 11.8 Å². The predicted octanol–water partition coefficient (Wildman–Crippen LogP) is 1.98. The molecule has 2 aliphatic rings. The molecule has 0 saturated carbocycles. The van der Waals surface area contributed by atoms with Gasteiger partial charge in [-0.15, -0.1) is 0 Å². The van der Waals surface area contributed by atoms with E-state index in [0.717, 1.165) is 58.3 Å². The fourth-order valence-corrected chi connectivity index (χ4v) is 3.69. The van der Waals surface area contributed by atoms with E-state index in [1.807, 2.05) is 6.07 Å². The number of nitrogens with zero attached hydrogens (tertiary/aromatic N) is 4. The standard InChI is InChI=1S/C17H27ClN6OS/c1-13-3-2-5-24(12-13)15-11-14(18)20-16(21-15)22-17(26)19-4-6-23-7-9-25-10-8-23/h11,13H,2-10,12H2,1H3,(H2,19,20,21,22,26). The summed E-state index contributed by atoms with van der Waals surface area (Å²) in [6.45, 7) is 9.50. The van der Waals surface area contributed by atoms with E-state index in [1.54, 1.807) is 0 Å². The van der Waals surface area contributed by atoms with Crippen molar-refractivity contribution in [2.45, 2.75) is 19.8 Å². The monoisotopic (exact) mass is 398 g/mol. The smallest absolute Gasteiger partial charge is 0.232 e. The number of aromatic nitrogens is 2. The highest BCUT2D eigenvalue weighted by Crippen LogP contribution is 2.24. The molecule has 144 valence electrons. The summed E-state index contributed by atoms with van der Waals surface area (Å²) in [6.07, 6.45) is 2.44. The Kier molecular flexibility index (Phi) is 7.24. The molecule has 1 aromatic rings.